The highest BCUT2D eigenvalue weighted by atomic mass is 19.1. The van der Waals surface area contributed by atoms with Gasteiger partial charge in [-0.05, 0) is 31.7 Å². The van der Waals surface area contributed by atoms with Gasteiger partial charge in [0.15, 0.2) is 0 Å². The Labute approximate surface area is 151 Å². The van der Waals surface area contributed by atoms with Gasteiger partial charge < -0.3 is 4.90 Å². The van der Waals surface area contributed by atoms with Gasteiger partial charge in [-0.25, -0.2) is 13.9 Å². The molecule has 26 heavy (non-hydrogen) atoms. The van der Waals surface area contributed by atoms with E-state index in [-0.39, 0.29) is 36.5 Å². The number of aryl methyl sites for hydroxylation is 1. The molecule has 0 unspecified atom stereocenters. The molecule has 0 radical (unpaired) electrons. The molecule has 0 spiro atoms. The largest absolute Gasteiger partial charge is 0.346 e. The van der Waals surface area contributed by atoms with Gasteiger partial charge in [-0.3, -0.25) is 9.36 Å². The predicted octanol–water partition coefficient (Wildman–Crippen LogP) is 2.10. The van der Waals surface area contributed by atoms with Crippen molar-refractivity contribution in [1.82, 2.24) is 19.2 Å². The van der Waals surface area contributed by atoms with Crippen LogP contribution in [0.4, 0.5) is 4.39 Å². The van der Waals surface area contributed by atoms with Gasteiger partial charge in [-0.15, -0.1) is 0 Å². The van der Waals surface area contributed by atoms with Gasteiger partial charge >= 0.3 is 5.69 Å². The number of carbonyl (C=O) groups excluding carboxylic acids is 1. The highest BCUT2D eigenvalue weighted by Gasteiger charge is 2.33. The zero-order valence-corrected chi connectivity index (χ0v) is 14.7. The number of hydrogen-bond donors (Lipinski definition) is 0. The van der Waals surface area contributed by atoms with Crippen LogP contribution in [0.1, 0.15) is 43.5 Å². The van der Waals surface area contributed by atoms with Gasteiger partial charge in [0.05, 0.1) is 0 Å². The second kappa shape index (κ2) is 7.05. The molecule has 4 rings (SSSR count). The maximum Gasteiger partial charge on any atom is 0.346 e. The lowest BCUT2D eigenvalue weighted by Gasteiger charge is -2.22. The number of amides is 1. The molecule has 0 saturated heterocycles. The molecule has 0 N–H and O–H groups in total. The average Bonchev–Trinajstić information content (AvgIpc) is 3.44. The molecule has 6 nitrogen and oxygen atoms in total. The monoisotopic (exact) mass is 358 g/mol. The minimum absolute atomic E-state index is 0.0796. The van der Waals surface area contributed by atoms with E-state index >= 15 is 0 Å². The summed E-state index contributed by atoms with van der Waals surface area (Å²) in [6.45, 7) is 0.826. The van der Waals surface area contributed by atoms with Crippen LogP contribution < -0.4 is 5.69 Å². The Morgan fingerprint density at radius 3 is 2.81 bits per heavy atom. The smallest absolute Gasteiger partial charge is 0.334 e. The van der Waals surface area contributed by atoms with E-state index < -0.39 is 0 Å². The standard InChI is InChI=1S/C19H23FN4O2/c20-16-7-4-3-6-14(16)12-23(15-9-10-15)18(25)13-24-19(26)22-11-5-1-2-8-17(22)21-24/h3-4,6-7,15H,1-2,5,8-13H2. The van der Waals surface area contributed by atoms with Gasteiger partial charge in [-0.1, -0.05) is 24.6 Å². The molecule has 1 aromatic carbocycles. The molecule has 2 heterocycles. The van der Waals surface area contributed by atoms with Crippen molar-refractivity contribution < 1.29 is 9.18 Å². The lowest BCUT2D eigenvalue weighted by Crippen LogP contribution is -2.38. The van der Waals surface area contributed by atoms with E-state index in [0.29, 0.717) is 12.1 Å². The Bertz CT molecular complexity index is 869. The molecule has 1 amide bonds. The van der Waals surface area contributed by atoms with Crippen LogP contribution in [-0.2, 0) is 30.8 Å². The second-order valence-corrected chi connectivity index (χ2v) is 7.16. The normalized spacial score (nSPS) is 16.8. The molecule has 1 aromatic heterocycles. The predicted molar refractivity (Wildman–Crippen MR) is 94.0 cm³/mol. The van der Waals surface area contributed by atoms with E-state index in [1.165, 1.54) is 10.7 Å². The van der Waals surface area contributed by atoms with Crippen molar-refractivity contribution >= 4 is 5.91 Å². The van der Waals surface area contributed by atoms with Crippen molar-refractivity contribution in [3.05, 3.63) is 52.0 Å². The number of carbonyl (C=O) groups is 1. The molecular formula is C19H23FN4O2. The van der Waals surface area contributed by atoms with Crippen LogP contribution in [0.15, 0.2) is 29.1 Å². The van der Waals surface area contributed by atoms with Gasteiger partial charge in [0, 0.05) is 31.1 Å². The first-order valence-electron chi connectivity index (χ1n) is 9.33. The molecule has 0 bridgehead atoms. The van der Waals surface area contributed by atoms with Crippen molar-refractivity contribution in [2.24, 2.45) is 0 Å². The molecule has 1 aliphatic carbocycles. The Hall–Kier alpha value is -2.44. The lowest BCUT2D eigenvalue weighted by atomic mass is 10.2. The van der Waals surface area contributed by atoms with Crippen LogP contribution >= 0.6 is 0 Å². The summed E-state index contributed by atoms with van der Waals surface area (Å²) >= 11 is 0. The second-order valence-electron chi connectivity index (χ2n) is 7.16. The summed E-state index contributed by atoms with van der Waals surface area (Å²) < 4.78 is 16.9. The SMILES string of the molecule is O=C(Cn1nc2n(c1=O)CCCCC2)N(Cc1ccccc1F)C1CC1. The van der Waals surface area contributed by atoms with Crippen molar-refractivity contribution in [3.8, 4) is 0 Å². The first kappa shape index (κ1) is 17.0. The fraction of sp³-hybridized carbons (Fsp3) is 0.526. The molecule has 0 atom stereocenters. The van der Waals surface area contributed by atoms with Crippen molar-refractivity contribution in [2.75, 3.05) is 0 Å². The van der Waals surface area contributed by atoms with E-state index in [0.717, 1.165) is 44.3 Å². The van der Waals surface area contributed by atoms with Crippen LogP contribution in [0, 0.1) is 5.82 Å². The third-order valence-corrected chi connectivity index (χ3v) is 5.17. The molecule has 1 saturated carbocycles. The minimum atomic E-state index is -0.308. The quantitative estimate of drug-likeness (QED) is 0.822. The summed E-state index contributed by atoms with van der Waals surface area (Å²) in [5.74, 6) is 0.287. The number of rotatable bonds is 5. The van der Waals surface area contributed by atoms with Crippen LogP contribution in [-0.4, -0.2) is 31.2 Å². The van der Waals surface area contributed by atoms with Gasteiger partial charge in [0.1, 0.15) is 18.2 Å². The summed E-state index contributed by atoms with van der Waals surface area (Å²) in [6.07, 6.45) is 5.71. The van der Waals surface area contributed by atoms with E-state index in [2.05, 4.69) is 5.10 Å². The van der Waals surface area contributed by atoms with E-state index in [1.54, 1.807) is 27.7 Å². The maximum absolute atomic E-state index is 14.0. The Kier molecular flexibility index (Phi) is 4.61. The number of halogens is 1. The van der Waals surface area contributed by atoms with Gasteiger partial charge in [0.2, 0.25) is 5.91 Å². The topological polar surface area (TPSA) is 60.1 Å². The average molecular weight is 358 g/mol. The summed E-state index contributed by atoms with van der Waals surface area (Å²) in [4.78, 5) is 27.1. The first-order valence-corrected chi connectivity index (χ1v) is 9.33. The summed E-state index contributed by atoms with van der Waals surface area (Å²) in [5, 5.41) is 4.38. The summed E-state index contributed by atoms with van der Waals surface area (Å²) in [7, 11) is 0. The Morgan fingerprint density at radius 2 is 2.04 bits per heavy atom. The van der Waals surface area contributed by atoms with Crippen LogP contribution in [0.3, 0.4) is 0 Å². The van der Waals surface area contributed by atoms with E-state index in [9.17, 15) is 14.0 Å². The Balaban J connectivity index is 1.53. The molecular weight excluding hydrogens is 335 g/mol. The number of hydrogen-bond acceptors (Lipinski definition) is 3. The van der Waals surface area contributed by atoms with Gasteiger partial charge in [-0.2, -0.15) is 5.10 Å². The highest BCUT2D eigenvalue weighted by molar-refractivity contribution is 5.76. The van der Waals surface area contributed by atoms with Crippen LogP contribution in [0.2, 0.25) is 0 Å². The highest BCUT2D eigenvalue weighted by Crippen LogP contribution is 2.29. The number of fused-ring (bicyclic) bond motifs is 1. The van der Waals surface area contributed by atoms with Crippen LogP contribution in [0.5, 0.6) is 0 Å². The summed E-state index contributed by atoms with van der Waals surface area (Å²) in [6, 6.07) is 6.65. The molecule has 1 fully saturated rings. The molecule has 1 aliphatic heterocycles. The maximum atomic E-state index is 14.0. The van der Waals surface area contributed by atoms with Crippen molar-refractivity contribution in [1.29, 1.82) is 0 Å². The zero-order valence-electron chi connectivity index (χ0n) is 14.7. The number of aromatic nitrogens is 3. The lowest BCUT2D eigenvalue weighted by molar-refractivity contribution is -0.133. The summed E-state index contributed by atoms with van der Waals surface area (Å²) in [5.41, 5.74) is 0.289. The molecule has 2 aromatic rings. The fourth-order valence-corrected chi connectivity index (χ4v) is 3.56. The molecule has 2 aliphatic rings. The molecule has 138 valence electrons. The minimum Gasteiger partial charge on any atom is -0.334 e. The van der Waals surface area contributed by atoms with E-state index in [4.69, 9.17) is 0 Å². The van der Waals surface area contributed by atoms with Crippen LogP contribution in [0.25, 0.3) is 0 Å². The van der Waals surface area contributed by atoms with Crippen molar-refractivity contribution in [2.45, 2.75) is 64.2 Å². The van der Waals surface area contributed by atoms with E-state index in [1.807, 2.05) is 0 Å². The fourth-order valence-electron chi connectivity index (χ4n) is 3.56. The first-order chi connectivity index (χ1) is 12.6. The third kappa shape index (κ3) is 3.43. The zero-order chi connectivity index (χ0) is 18.1. The van der Waals surface area contributed by atoms with Gasteiger partial charge in [0.25, 0.3) is 0 Å². The number of nitrogens with zero attached hydrogens (tertiary/aromatic N) is 4. The Morgan fingerprint density at radius 1 is 1.23 bits per heavy atom. The molecule has 7 heteroatoms. The third-order valence-electron chi connectivity index (χ3n) is 5.17. The van der Waals surface area contributed by atoms with Crippen molar-refractivity contribution in [3.63, 3.8) is 0 Å². The number of benzene rings is 1.